The molecule has 0 aliphatic heterocycles. The minimum Gasteiger partial charge on any atom is -0.385 e. The number of amides is 1. The highest BCUT2D eigenvalue weighted by Crippen LogP contribution is 2.21. The predicted molar refractivity (Wildman–Crippen MR) is 95.1 cm³/mol. The number of nitrogens with one attached hydrogen (secondary N) is 1. The first-order valence-electron chi connectivity index (χ1n) is 7.65. The number of rotatable bonds is 9. The number of methoxy groups -OCH3 is 1. The lowest BCUT2D eigenvalue weighted by molar-refractivity contribution is -0.120. The first kappa shape index (κ1) is 18.8. The molecule has 24 heavy (non-hydrogen) atoms. The number of halogens is 1. The molecular formula is C16H21ClN4O2S. The molecule has 0 spiro atoms. The number of carbonyl (C=O) groups excluding carboxylic acids is 1. The van der Waals surface area contributed by atoms with Crippen LogP contribution >= 0.6 is 23.4 Å². The molecule has 130 valence electrons. The summed E-state index contributed by atoms with van der Waals surface area (Å²) in [7, 11) is 1.68. The summed E-state index contributed by atoms with van der Waals surface area (Å²) >= 11 is 7.25. The fourth-order valence-corrected chi connectivity index (χ4v) is 3.02. The second-order valence-corrected chi connectivity index (χ2v) is 7.00. The minimum absolute atomic E-state index is 0.0404. The van der Waals surface area contributed by atoms with Crippen molar-refractivity contribution in [2.45, 2.75) is 36.8 Å². The molecule has 1 heterocycles. The van der Waals surface area contributed by atoms with E-state index in [9.17, 15) is 4.79 Å². The van der Waals surface area contributed by atoms with E-state index in [-0.39, 0.29) is 11.2 Å². The smallest absolute Gasteiger partial charge is 0.233 e. The molecule has 0 aliphatic carbocycles. The maximum Gasteiger partial charge on any atom is 0.233 e. The van der Waals surface area contributed by atoms with Crippen LogP contribution in [0.2, 0.25) is 5.02 Å². The highest BCUT2D eigenvalue weighted by molar-refractivity contribution is 8.00. The number of aromatic nitrogens is 3. The van der Waals surface area contributed by atoms with Crippen molar-refractivity contribution in [1.29, 1.82) is 0 Å². The number of ether oxygens (including phenoxy) is 1. The van der Waals surface area contributed by atoms with Gasteiger partial charge < -0.3 is 14.6 Å². The molecule has 1 unspecified atom stereocenters. The SMILES string of the molecule is COCCCn1cnnc1SC(C)C(=O)NCc1ccc(Cl)cc1. The molecule has 0 aliphatic rings. The monoisotopic (exact) mass is 368 g/mol. The lowest BCUT2D eigenvalue weighted by Crippen LogP contribution is -2.30. The number of aryl methyl sites for hydroxylation is 1. The van der Waals surface area contributed by atoms with Gasteiger partial charge in [-0.15, -0.1) is 10.2 Å². The number of hydrogen-bond donors (Lipinski definition) is 1. The fraction of sp³-hybridized carbons (Fsp3) is 0.438. The molecule has 1 aromatic heterocycles. The number of carbonyl (C=O) groups is 1. The van der Waals surface area contributed by atoms with E-state index in [0.717, 1.165) is 23.7 Å². The molecule has 2 aromatic rings. The number of hydrogen-bond acceptors (Lipinski definition) is 5. The molecule has 0 fully saturated rings. The van der Waals surface area contributed by atoms with E-state index in [1.54, 1.807) is 13.4 Å². The van der Waals surface area contributed by atoms with E-state index in [1.807, 2.05) is 35.8 Å². The summed E-state index contributed by atoms with van der Waals surface area (Å²) in [5.74, 6) is -0.0404. The molecule has 0 bridgehead atoms. The normalized spacial score (nSPS) is 12.1. The van der Waals surface area contributed by atoms with Crippen molar-refractivity contribution in [3.05, 3.63) is 41.2 Å². The molecule has 0 saturated carbocycles. The zero-order valence-corrected chi connectivity index (χ0v) is 15.3. The Morgan fingerprint density at radius 3 is 2.88 bits per heavy atom. The van der Waals surface area contributed by atoms with Gasteiger partial charge in [0, 0.05) is 31.8 Å². The Morgan fingerprint density at radius 2 is 2.17 bits per heavy atom. The first-order chi connectivity index (χ1) is 11.6. The van der Waals surface area contributed by atoms with E-state index in [0.29, 0.717) is 18.2 Å². The summed E-state index contributed by atoms with van der Waals surface area (Å²) < 4.78 is 6.98. The van der Waals surface area contributed by atoms with Crippen molar-refractivity contribution in [1.82, 2.24) is 20.1 Å². The number of nitrogens with zero attached hydrogens (tertiary/aromatic N) is 3. The molecule has 1 aromatic carbocycles. The van der Waals surface area contributed by atoms with Gasteiger partial charge in [-0.2, -0.15) is 0 Å². The summed E-state index contributed by atoms with van der Waals surface area (Å²) in [6, 6.07) is 7.41. The Hall–Kier alpha value is -1.57. The van der Waals surface area contributed by atoms with Crippen LogP contribution in [0.15, 0.2) is 35.7 Å². The summed E-state index contributed by atoms with van der Waals surface area (Å²) in [5.41, 5.74) is 1.01. The van der Waals surface area contributed by atoms with Crippen LogP contribution in [0.4, 0.5) is 0 Å². The standard InChI is InChI=1S/C16H21ClN4O2S/c1-12(15(22)18-10-13-4-6-14(17)7-5-13)24-16-20-19-11-21(16)8-3-9-23-2/h4-7,11-12H,3,8-10H2,1-2H3,(H,18,22). The molecule has 0 saturated heterocycles. The lowest BCUT2D eigenvalue weighted by atomic mass is 10.2. The minimum atomic E-state index is -0.261. The summed E-state index contributed by atoms with van der Waals surface area (Å²) in [5, 5.41) is 12.1. The maximum absolute atomic E-state index is 12.2. The molecule has 0 radical (unpaired) electrons. The Bertz CT molecular complexity index is 648. The van der Waals surface area contributed by atoms with Crippen molar-refractivity contribution in [2.75, 3.05) is 13.7 Å². The van der Waals surface area contributed by atoms with Crippen molar-refractivity contribution in [2.24, 2.45) is 0 Å². The molecule has 1 atom stereocenters. The zero-order valence-electron chi connectivity index (χ0n) is 13.7. The van der Waals surface area contributed by atoms with Crippen LogP contribution in [0.1, 0.15) is 18.9 Å². The van der Waals surface area contributed by atoms with Crippen molar-refractivity contribution in [3.63, 3.8) is 0 Å². The maximum atomic E-state index is 12.2. The summed E-state index contributed by atoms with van der Waals surface area (Å²) in [6.45, 7) is 3.78. The second kappa shape index (κ2) is 9.66. The van der Waals surface area contributed by atoms with Gasteiger partial charge in [0.2, 0.25) is 5.91 Å². The predicted octanol–water partition coefficient (Wildman–Crippen LogP) is 2.77. The third-order valence-corrected chi connectivity index (χ3v) is 4.71. The van der Waals surface area contributed by atoms with Gasteiger partial charge in [-0.1, -0.05) is 35.5 Å². The van der Waals surface area contributed by atoms with Crippen LogP contribution in [-0.4, -0.2) is 39.6 Å². The largest absolute Gasteiger partial charge is 0.385 e. The molecule has 8 heteroatoms. The van der Waals surface area contributed by atoms with E-state index in [4.69, 9.17) is 16.3 Å². The van der Waals surface area contributed by atoms with Gasteiger partial charge in [-0.05, 0) is 31.0 Å². The van der Waals surface area contributed by atoms with Gasteiger partial charge in [0.1, 0.15) is 6.33 Å². The fourth-order valence-electron chi connectivity index (χ4n) is 2.02. The van der Waals surface area contributed by atoms with Gasteiger partial charge in [-0.25, -0.2) is 0 Å². The van der Waals surface area contributed by atoms with Crippen molar-refractivity contribution < 1.29 is 9.53 Å². The van der Waals surface area contributed by atoms with Crippen LogP contribution < -0.4 is 5.32 Å². The van der Waals surface area contributed by atoms with Crippen LogP contribution in [0.5, 0.6) is 0 Å². The molecule has 1 amide bonds. The quantitative estimate of drug-likeness (QED) is 0.544. The van der Waals surface area contributed by atoms with E-state index >= 15 is 0 Å². The van der Waals surface area contributed by atoms with Crippen LogP contribution in [0.3, 0.4) is 0 Å². The molecule has 1 N–H and O–H groups in total. The molecule has 6 nitrogen and oxygen atoms in total. The third kappa shape index (κ3) is 5.81. The lowest BCUT2D eigenvalue weighted by Gasteiger charge is -2.12. The average Bonchev–Trinajstić information content (AvgIpc) is 3.01. The Labute approximate surface area is 150 Å². The zero-order chi connectivity index (χ0) is 17.4. The van der Waals surface area contributed by atoms with Gasteiger partial charge in [-0.3, -0.25) is 4.79 Å². The summed E-state index contributed by atoms with van der Waals surface area (Å²) in [6.07, 6.45) is 2.55. The molecular weight excluding hydrogens is 348 g/mol. The van der Waals surface area contributed by atoms with Crippen LogP contribution in [0, 0.1) is 0 Å². The molecule has 2 rings (SSSR count). The van der Waals surface area contributed by atoms with Crippen LogP contribution in [-0.2, 0) is 22.6 Å². The topological polar surface area (TPSA) is 69.0 Å². The van der Waals surface area contributed by atoms with Crippen molar-refractivity contribution >= 4 is 29.3 Å². The van der Waals surface area contributed by atoms with Gasteiger partial charge in [0.15, 0.2) is 5.16 Å². The van der Waals surface area contributed by atoms with Gasteiger partial charge in [0.25, 0.3) is 0 Å². The van der Waals surface area contributed by atoms with E-state index in [2.05, 4.69) is 15.5 Å². The van der Waals surface area contributed by atoms with Gasteiger partial charge in [0.05, 0.1) is 5.25 Å². The summed E-state index contributed by atoms with van der Waals surface area (Å²) in [4.78, 5) is 12.2. The highest BCUT2D eigenvalue weighted by atomic mass is 35.5. The van der Waals surface area contributed by atoms with E-state index < -0.39 is 0 Å². The van der Waals surface area contributed by atoms with Crippen molar-refractivity contribution in [3.8, 4) is 0 Å². The van der Waals surface area contributed by atoms with Gasteiger partial charge >= 0.3 is 0 Å². The van der Waals surface area contributed by atoms with E-state index in [1.165, 1.54) is 11.8 Å². The second-order valence-electron chi connectivity index (χ2n) is 5.26. The number of thioether (sulfide) groups is 1. The van der Waals surface area contributed by atoms with Crippen LogP contribution in [0.25, 0.3) is 0 Å². The highest BCUT2D eigenvalue weighted by Gasteiger charge is 2.17. The Morgan fingerprint density at radius 1 is 1.42 bits per heavy atom. The number of benzene rings is 1. The Balaban J connectivity index is 1.83. The third-order valence-electron chi connectivity index (χ3n) is 3.36. The Kier molecular flexibility index (Phi) is 7.55. The average molecular weight is 369 g/mol. The first-order valence-corrected chi connectivity index (χ1v) is 8.91.